The second-order valence-electron chi connectivity index (χ2n) is 4.63. The molecule has 3 rings (SSSR count). The molecule has 1 fully saturated rings. The van der Waals surface area contributed by atoms with Gasteiger partial charge in [-0.1, -0.05) is 0 Å². The number of thiazole rings is 1. The van der Waals surface area contributed by atoms with Crippen molar-refractivity contribution in [3.8, 4) is 10.7 Å². The highest BCUT2D eigenvalue weighted by Gasteiger charge is 2.18. The molecule has 2 N–H and O–H groups in total. The van der Waals surface area contributed by atoms with Gasteiger partial charge in [-0.2, -0.15) is 0 Å². The molecule has 2 aromatic heterocycles. The molecule has 0 radical (unpaired) electrons. The summed E-state index contributed by atoms with van der Waals surface area (Å²) in [5, 5.41) is 8.78. The van der Waals surface area contributed by atoms with E-state index in [1.165, 1.54) is 11.3 Å². The molecule has 0 atom stereocenters. The molecular formula is C13H15N5OS. The Hall–Kier alpha value is -1.86. The van der Waals surface area contributed by atoms with Crippen molar-refractivity contribution in [1.29, 1.82) is 0 Å². The number of nitrogens with one attached hydrogen (secondary N) is 2. The van der Waals surface area contributed by atoms with E-state index in [0.29, 0.717) is 16.4 Å². The van der Waals surface area contributed by atoms with E-state index in [9.17, 15) is 4.79 Å². The van der Waals surface area contributed by atoms with E-state index < -0.39 is 0 Å². The molecule has 1 saturated heterocycles. The van der Waals surface area contributed by atoms with Gasteiger partial charge >= 0.3 is 0 Å². The van der Waals surface area contributed by atoms with Gasteiger partial charge in [0.15, 0.2) is 0 Å². The van der Waals surface area contributed by atoms with Gasteiger partial charge in [0.25, 0.3) is 5.91 Å². The molecule has 1 amide bonds. The lowest BCUT2D eigenvalue weighted by atomic mass is 10.1. The van der Waals surface area contributed by atoms with Crippen LogP contribution in [0.1, 0.15) is 23.3 Å². The number of amides is 1. The minimum absolute atomic E-state index is 0.108. The zero-order valence-corrected chi connectivity index (χ0v) is 11.7. The van der Waals surface area contributed by atoms with Gasteiger partial charge in [0, 0.05) is 23.8 Å². The first-order valence-corrected chi connectivity index (χ1v) is 7.44. The van der Waals surface area contributed by atoms with Crippen LogP contribution in [0.25, 0.3) is 10.7 Å². The van der Waals surface area contributed by atoms with Crippen molar-refractivity contribution in [3.05, 3.63) is 29.7 Å². The van der Waals surface area contributed by atoms with Crippen molar-refractivity contribution < 1.29 is 4.79 Å². The van der Waals surface area contributed by atoms with Crippen LogP contribution in [0.15, 0.2) is 24.0 Å². The summed E-state index contributed by atoms with van der Waals surface area (Å²) in [7, 11) is 0. The summed E-state index contributed by atoms with van der Waals surface area (Å²) in [6, 6.07) is 0.241. The van der Waals surface area contributed by atoms with Crippen LogP contribution in [0.4, 0.5) is 0 Å². The van der Waals surface area contributed by atoms with Crippen LogP contribution in [-0.2, 0) is 0 Å². The number of hydrogen-bond donors (Lipinski definition) is 2. The van der Waals surface area contributed by atoms with Crippen molar-refractivity contribution >= 4 is 17.2 Å². The van der Waals surface area contributed by atoms with E-state index in [1.54, 1.807) is 24.0 Å². The second kappa shape index (κ2) is 6.06. The number of carbonyl (C=O) groups is 1. The Bertz CT molecular complexity index is 579. The van der Waals surface area contributed by atoms with Gasteiger partial charge in [-0.15, -0.1) is 11.3 Å². The molecule has 7 heteroatoms. The fourth-order valence-electron chi connectivity index (χ4n) is 2.13. The highest BCUT2D eigenvalue weighted by atomic mass is 32.1. The fraction of sp³-hybridized carbons (Fsp3) is 0.385. The van der Waals surface area contributed by atoms with E-state index in [-0.39, 0.29) is 11.9 Å². The van der Waals surface area contributed by atoms with Gasteiger partial charge in [0.05, 0.1) is 6.20 Å². The Morgan fingerprint density at radius 3 is 2.95 bits per heavy atom. The van der Waals surface area contributed by atoms with Crippen molar-refractivity contribution in [2.24, 2.45) is 0 Å². The van der Waals surface area contributed by atoms with Crippen molar-refractivity contribution in [2.75, 3.05) is 13.1 Å². The SMILES string of the molecule is O=C(NC1CCNCC1)c1csc(-c2cnccn2)n1. The predicted octanol–water partition coefficient (Wildman–Crippen LogP) is 1.08. The van der Waals surface area contributed by atoms with Crippen LogP contribution in [0.5, 0.6) is 0 Å². The average Bonchev–Trinajstić information content (AvgIpc) is 2.99. The van der Waals surface area contributed by atoms with E-state index in [2.05, 4.69) is 25.6 Å². The quantitative estimate of drug-likeness (QED) is 0.884. The highest BCUT2D eigenvalue weighted by Crippen LogP contribution is 2.20. The van der Waals surface area contributed by atoms with Gasteiger partial charge in [-0.05, 0) is 25.9 Å². The lowest BCUT2D eigenvalue weighted by Gasteiger charge is -2.23. The molecule has 20 heavy (non-hydrogen) atoms. The predicted molar refractivity (Wildman–Crippen MR) is 76.5 cm³/mol. The van der Waals surface area contributed by atoms with Crippen LogP contribution >= 0.6 is 11.3 Å². The number of nitrogens with zero attached hydrogens (tertiary/aromatic N) is 3. The lowest BCUT2D eigenvalue weighted by Crippen LogP contribution is -2.42. The highest BCUT2D eigenvalue weighted by molar-refractivity contribution is 7.13. The summed E-state index contributed by atoms with van der Waals surface area (Å²) in [5.74, 6) is -0.108. The molecule has 0 aromatic carbocycles. The molecule has 0 saturated carbocycles. The first-order chi connectivity index (χ1) is 9.83. The minimum atomic E-state index is -0.108. The summed E-state index contributed by atoms with van der Waals surface area (Å²) in [6.07, 6.45) is 6.81. The molecule has 1 aliphatic rings. The van der Waals surface area contributed by atoms with Crippen molar-refractivity contribution in [1.82, 2.24) is 25.6 Å². The maximum Gasteiger partial charge on any atom is 0.270 e. The molecule has 0 bridgehead atoms. The van der Waals surface area contributed by atoms with E-state index in [0.717, 1.165) is 25.9 Å². The third kappa shape index (κ3) is 3.00. The molecule has 6 nitrogen and oxygen atoms in total. The Balaban J connectivity index is 1.68. The van der Waals surface area contributed by atoms with Crippen LogP contribution in [-0.4, -0.2) is 40.0 Å². The van der Waals surface area contributed by atoms with Gasteiger partial charge in [-0.3, -0.25) is 14.8 Å². The first kappa shape index (κ1) is 13.1. The number of rotatable bonds is 3. The number of carbonyl (C=O) groups excluding carboxylic acids is 1. The van der Waals surface area contributed by atoms with Gasteiger partial charge in [-0.25, -0.2) is 4.98 Å². The monoisotopic (exact) mass is 289 g/mol. The maximum absolute atomic E-state index is 12.1. The largest absolute Gasteiger partial charge is 0.348 e. The third-order valence-corrected chi connectivity index (χ3v) is 4.06. The Morgan fingerprint density at radius 1 is 1.35 bits per heavy atom. The van der Waals surface area contributed by atoms with Gasteiger partial charge in [0.2, 0.25) is 0 Å². The van der Waals surface area contributed by atoms with E-state index in [1.807, 2.05) is 0 Å². The molecule has 2 aromatic rings. The molecule has 0 unspecified atom stereocenters. The molecule has 3 heterocycles. The Labute approximate surface area is 120 Å². The topological polar surface area (TPSA) is 79.8 Å². The summed E-state index contributed by atoms with van der Waals surface area (Å²) in [6.45, 7) is 1.90. The minimum Gasteiger partial charge on any atom is -0.348 e. The molecule has 0 spiro atoms. The lowest BCUT2D eigenvalue weighted by molar-refractivity contribution is 0.0925. The molecule has 104 valence electrons. The summed E-state index contributed by atoms with van der Waals surface area (Å²) in [5.41, 5.74) is 1.15. The van der Waals surface area contributed by atoms with E-state index >= 15 is 0 Å². The first-order valence-electron chi connectivity index (χ1n) is 6.56. The summed E-state index contributed by atoms with van der Waals surface area (Å²) < 4.78 is 0. The van der Waals surface area contributed by atoms with Crippen LogP contribution in [0, 0.1) is 0 Å². The molecule has 1 aliphatic heterocycles. The standard InChI is InChI=1S/C13H15N5OS/c19-12(17-9-1-3-14-4-2-9)11-8-20-13(18-11)10-7-15-5-6-16-10/h5-9,14H,1-4H2,(H,17,19). The Kier molecular flexibility index (Phi) is 3.98. The fourth-order valence-corrected chi connectivity index (χ4v) is 2.89. The normalized spacial score (nSPS) is 16.0. The molecular weight excluding hydrogens is 274 g/mol. The summed E-state index contributed by atoms with van der Waals surface area (Å²) in [4.78, 5) is 24.7. The third-order valence-electron chi connectivity index (χ3n) is 3.19. The summed E-state index contributed by atoms with van der Waals surface area (Å²) >= 11 is 1.41. The number of piperidine rings is 1. The smallest absolute Gasteiger partial charge is 0.270 e. The van der Waals surface area contributed by atoms with Gasteiger partial charge < -0.3 is 10.6 Å². The van der Waals surface area contributed by atoms with Crippen molar-refractivity contribution in [2.45, 2.75) is 18.9 Å². The second-order valence-corrected chi connectivity index (χ2v) is 5.48. The van der Waals surface area contributed by atoms with Crippen molar-refractivity contribution in [3.63, 3.8) is 0 Å². The zero-order valence-electron chi connectivity index (χ0n) is 10.9. The zero-order chi connectivity index (χ0) is 13.8. The van der Waals surface area contributed by atoms with Crippen LogP contribution < -0.4 is 10.6 Å². The molecule has 0 aliphatic carbocycles. The number of aromatic nitrogens is 3. The average molecular weight is 289 g/mol. The number of hydrogen-bond acceptors (Lipinski definition) is 6. The Morgan fingerprint density at radius 2 is 2.20 bits per heavy atom. The maximum atomic E-state index is 12.1. The van der Waals surface area contributed by atoms with Crippen LogP contribution in [0.3, 0.4) is 0 Å². The van der Waals surface area contributed by atoms with E-state index in [4.69, 9.17) is 0 Å². The van der Waals surface area contributed by atoms with Gasteiger partial charge in [0.1, 0.15) is 16.4 Å². The van der Waals surface area contributed by atoms with Crippen LogP contribution in [0.2, 0.25) is 0 Å².